The SMILES string of the molecule is CCN(Cc1cccc(OCCc2nc(-c3ccccc3)oc2C)c1)C(=O)OC/C=C\c1ccccc1. The van der Waals surface area contributed by atoms with Gasteiger partial charge in [-0.15, -0.1) is 0 Å². The number of carbonyl (C=O) groups excluding carboxylic acids is 1. The number of hydrogen-bond donors (Lipinski definition) is 0. The zero-order chi connectivity index (χ0) is 25.9. The van der Waals surface area contributed by atoms with Crippen LogP contribution < -0.4 is 4.74 Å². The Morgan fingerprint density at radius 3 is 2.51 bits per heavy atom. The van der Waals surface area contributed by atoms with Crippen molar-refractivity contribution >= 4 is 12.2 Å². The largest absolute Gasteiger partial charge is 0.493 e. The van der Waals surface area contributed by atoms with Crippen molar-refractivity contribution in [2.45, 2.75) is 26.8 Å². The number of benzene rings is 3. The standard InChI is InChI=1S/C31H32N2O4/c1-3-33(31(34)36-20-11-15-25-12-6-4-7-13-25)23-26-14-10-18-28(22-26)35-21-19-29-24(2)37-30(32-29)27-16-8-5-9-17-27/h4-18,22H,3,19-21,23H2,1-2H3/b15-11-. The Morgan fingerprint density at radius 2 is 1.76 bits per heavy atom. The lowest BCUT2D eigenvalue weighted by Crippen LogP contribution is -2.31. The number of aromatic nitrogens is 1. The van der Waals surface area contributed by atoms with Crippen molar-refractivity contribution in [3.05, 3.63) is 114 Å². The fraction of sp³-hybridized carbons (Fsp3) is 0.226. The van der Waals surface area contributed by atoms with Crippen LogP contribution in [0.1, 0.15) is 29.5 Å². The third-order valence-corrected chi connectivity index (χ3v) is 5.85. The van der Waals surface area contributed by atoms with E-state index in [9.17, 15) is 4.79 Å². The number of nitrogens with zero attached hydrogens (tertiary/aromatic N) is 2. The summed E-state index contributed by atoms with van der Waals surface area (Å²) in [7, 11) is 0. The van der Waals surface area contributed by atoms with Gasteiger partial charge in [-0.3, -0.25) is 0 Å². The van der Waals surface area contributed by atoms with E-state index in [0.29, 0.717) is 32.0 Å². The smallest absolute Gasteiger partial charge is 0.410 e. The predicted octanol–water partition coefficient (Wildman–Crippen LogP) is 6.94. The molecule has 0 aliphatic carbocycles. The molecule has 0 saturated heterocycles. The highest BCUT2D eigenvalue weighted by molar-refractivity contribution is 5.68. The highest BCUT2D eigenvalue weighted by Crippen LogP contribution is 2.22. The lowest BCUT2D eigenvalue weighted by Gasteiger charge is -2.20. The van der Waals surface area contributed by atoms with Crippen LogP contribution in [0.2, 0.25) is 0 Å². The van der Waals surface area contributed by atoms with Crippen LogP contribution in [0.4, 0.5) is 4.79 Å². The molecular formula is C31H32N2O4. The Bertz CT molecular complexity index is 1300. The van der Waals surface area contributed by atoms with Gasteiger partial charge in [0.15, 0.2) is 0 Å². The van der Waals surface area contributed by atoms with E-state index < -0.39 is 0 Å². The first kappa shape index (κ1) is 25.8. The van der Waals surface area contributed by atoms with E-state index in [1.807, 2.05) is 111 Å². The van der Waals surface area contributed by atoms with Gasteiger partial charge in [0.1, 0.15) is 18.1 Å². The van der Waals surface area contributed by atoms with Gasteiger partial charge in [-0.05, 0) is 55.3 Å². The Hall–Kier alpha value is -4.32. The Labute approximate surface area is 218 Å². The van der Waals surface area contributed by atoms with Crippen molar-refractivity contribution in [1.82, 2.24) is 9.88 Å². The van der Waals surface area contributed by atoms with Gasteiger partial charge < -0.3 is 18.8 Å². The van der Waals surface area contributed by atoms with Gasteiger partial charge in [0.05, 0.1) is 12.3 Å². The Balaban J connectivity index is 1.27. The average Bonchev–Trinajstić information content (AvgIpc) is 3.31. The lowest BCUT2D eigenvalue weighted by atomic mass is 10.2. The molecule has 6 nitrogen and oxygen atoms in total. The van der Waals surface area contributed by atoms with E-state index >= 15 is 0 Å². The number of amides is 1. The van der Waals surface area contributed by atoms with E-state index in [1.54, 1.807) is 4.90 Å². The van der Waals surface area contributed by atoms with Gasteiger partial charge in [-0.2, -0.15) is 0 Å². The fourth-order valence-electron chi connectivity index (χ4n) is 3.85. The van der Waals surface area contributed by atoms with Crippen LogP contribution in [-0.2, 0) is 17.7 Å². The summed E-state index contributed by atoms with van der Waals surface area (Å²) < 4.78 is 17.3. The second kappa shape index (κ2) is 13.1. The molecule has 6 heteroatoms. The van der Waals surface area contributed by atoms with E-state index in [1.165, 1.54) is 0 Å². The lowest BCUT2D eigenvalue weighted by molar-refractivity contribution is 0.112. The van der Waals surface area contributed by atoms with Gasteiger partial charge in [0, 0.05) is 25.1 Å². The number of oxazole rings is 1. The highest BCUT2D eigenvalue weighted by atomic mass is 16.6. The summed E-state index contributed by atoms with van der Waals surface area (Å²) in [4.78, 5) is 18.9. The topological polar surface area (TPSA) is 64.8 Å². The molecule has 0 N–H and O–H groups in total. The molecule has 0 spiro atoms. The van der Waals surface area contributed by atoms with Gasteiger partial charge in [0.2, 0.25) is 5.89 Å². The molecular weight excluding hydrogens is 464 g/mol. The van der Waals surface area contributed by atoms with Gasteiger partial charge in [-0.25, -0.2) is 9.78 Å². The molecule has 0 aliphatic heterocycles. The maximum Gasteiger partial charge on any atom is 0.410 e. The predicted molar refractivity (Wildman–Crippen MR) is 145 cm³/mol. The Kier molecular flexibility index (Phi) is 9.13. The zero-order valence-corrected chi connectivity index (χ0v) is 21.3. The third kappa shape index (κ3) is 7.58. The van der Waals surface area contributed by atoms with Crippen LogP contribution in [-0.4, -0.2) is 35.7 Å². The summed E-state index contributed by atoms with van der Waals surface area (Å²) in [5, 5.41) is 0. The molecule has 0 fully saturated rings. The molecule has 0 radical (unpaired) electrons. The first-order valence-electron chi connectivity index (χ1n) is 12.5. The molecule has 0 saturated carbocycles. The van der Waals surface area contributed by atoms with Crippen molar-refractivity contribution in [2.75, 3.05) is 19.8 Å². The molecule has 0 atom stereocenters. The van der Waals surface area contributed by atoms with Crippen LogP contribution in [0.25, 0.3) is 17.5 Å². The maximum atomic E-state index is 12.6. The van der Waals surface area contributed by atoms with Crippen molar-refractivity contribution in [1.29, 1.82) is 0 Å². The molecule has 37 heavy (non-hydrogen) atoms. The molecule has 190 valence electrons. The summed E-state index contributed by atoms with van der Waals surface area (Å²) in [6.45, 7) is 5.54. The minimum atomic E-state index is -0.345. The number of aryl methyl sites for hydroxylation is 1. The first-order chi connectivity index (χ1) is 18.1. The number of rotatable bonds is 11. The van der Waals surface area contributed by atoms with Gasteiger partial charge in [-0.1, -0.05) is 66.7 Å². The van der Waals surface area contributed by atoms with Gasteiger partial charge in [0.25, 0.3) is 0 Å². The molecule has 4 rings (SSSR count). The summed E-state index contributed by atoms with van der Waals surface area (Å²) >= 11 is 0. The van der Waals surface area contributed by atoms with Crippen LogP contribution in [0, 0.1) is 6.92 Å². The number of carbonyl (C=O) groups is 1. The van der Waals surface area contributed by atoms with E-state index in [0.717, 1.165) is 33.9 Å². The normalized spacial score (nSPS) is 11.0. The van der Waals surface area contributed by atoms with Crippen molar-refractivity contribution in [2.24, 2.45) is 0 Å². The molecule has 0 bridgehead atoms. The van der Waals surface area contributed by atoms with Crippen LogP contribution >= 0.6 is 0 Å². The molecule has 0 unspecified atom stereocenters. The van der Waals surface area contributed by atoms with Crippen LogP contribution in [0.5, 0.6) is 5.75 Å². The fourth-order valence-corrected chi connectivity index (χ4v) is 3.85. The molecule has 1 aromatic heterocycles. The van der Waals surface area contributed by atoms with E-state index in [-0.39, 0.29) is 12.7 Å². The van der Waals surface area contributed by atoms with Crippen molar-refractivity contribution in [3.8, 4) is 17.2 Å². The first-order valence-corrected chi connectivity index (χ1v) is 12.5. The minimum Gasteiger partial charge on any atom is -0.493 e. The summed E-state index contributed by atoms with van der Waals surface area (Å²) in [5.74, 6) is 2.17. The summed E-state index contributed by atoms with van der Waals surface area (Å²) in [6, 6.07) is 27.5. The van der Waals surface area contributed by atoms with E-state index in [2.05, 4.69) is 4.98 Å². The average molecular weight is 497 g/mol. The number of ether oxygens (including phenoxy) is 2. The summed E-state index contributed by atoms with van der Waals surface area (Å²) in [6.07, 6.45) is 4.07. The van der Waals surface area contributed by atoms with E-state index in [4.69, 9.17) is 13.9 Å². The molecule has 0 aliphatic rings. The minimum absolute atomic E-state index is 0.223. The Morgan fingerprint density at radius 1 is 1.00 bits per heavy atom. The maximum absolute atomic E-state index is 12.6. The van der Waals surface area contributed by atoms with Crippen LogP contribution in [0.15, 0.2) is 95.4 Å². The highest BCUT2D eigenvalue weighted by Gasteiger charge is 2.14. The summed E-state index contributed by atoms with van der Waals surface area (Å²) in [5.41, 5.74) is 3.88. The van der Waals surface area contributed by atoms with Crippen molar-refractivity contribution in [3.63, 3.8) is 0 Å². The third-order valence-electron chi connectivity index (χ3n) is 5.85. The second-order valence-corrected chi connectivity index (χ2v) is 8.54. The monoisotopic (exact) mass is 496 g/mol. The molecule has 1 amide bonds. The second-order valence-electron chi connectivity index (χ2n) is 8.54. The quantitative estimate of drug-likeness (QED) is 0.225. The van der Waals surface area contributed by atoms with Crippen LogP contribution in [0.3, 0.4) is 0 Å². The molecule has 3 aromatic carbocycles. The zero-order valence-electron chi connectivity index (χ0n) is 21.3. The molecule has 1 heterocycles. The van der Waals surface area contributed by atoms with Gasteiger partial charge >= 0.3 is 6.09 Å². The van der Waals surface area contributed by atoms with Crippen molar-refractivity contribution < 1.29 is 18.7 Å². The number of hydrogen-bond acceptors (Lipinski definition) is 5. The molecule has 4 aromatic rings.